The number of aromatic nitrogens is 2. The quantitative estimate of drug-likeness (QED) is 0.711. The maximum atomic E-state index is 11.3. The molecule has 2 rings (SSSR count). The van der Waals surface area contributed by atoms with Gasteiger partial charge in [0.1, 0.15) is 12.4 Å². The van der Waals surface area contributed by atoms with Crippen molar-refractivity contribution in [3.8, 4) is 0 Å². The van der Waals surface area contributed by atoms with Crippen molar-refractivity contribution in [3.05, 3.63) is 30.1 Å². The minimum absolute atomic E-state index is 0.0876. The van der Waals surface area contributed by atoms with Gasteiger partial charge in [0, 0.05) is 33.7 Å². The number of rotatable bonds is 9. The molecule has 1 N–H and O–H groups in total. The van der Waals surface area contributed by atoms with Gasteiger partial charge in [-0.3, -0.25) is 4.79 Å². The van der Waals surface area contributed by atoms with Gasteiger partial charge in [-0.05, 0) is 18.6 Å². The van der Waals surface area contributed by atoms with Gasteiger partial charge in [0.25, 0.3) is 0 Å². The fourth-order valence-corrected chi connectivity index (χ4v) is 2.40. The van der Waals surface area contributed by atoms with Crippen LogP contribution in [0.4, 0.5) is 0 Å². The van der Waals surface area contributed by atoms with E-state index in [1.165, 1.54) is 7.11 Å². The number of fused-ring (bicyclic) bond motifs is 1. The number of amides is 1. The highest BCUT2D eigenvalue weighted by atomic mass is 16.5. The lowest BCUT2D eigenvalue weighted by atomic mass is 10.3. The van der Waals surface area contributed by atoms with E-state index in [1.807, 2.05) is 18.2 Å². The molecule has 0 bridgehead atoms. The first kappa shape index (κ1) is 16.5. The predicted molar refractivity (Wildman–Crippen MR) is 84.8 cm³/mol. The van der Waals surface area contributed by atoms with Crippen LogP contribution in [0.15, 0.2) is 24.3 Å². The molecule has 0 unspecified atom stereocenters. The maximum Gasteiger partial charge on any atom is 0.245 e. The SMILES string of the molecule is COCCn1c(CCCNC(=O)COC)nc2ccccc21. The smallest absolute Gasteiger partial charge is 0.245 e. The van der Waals surface area contributed by atoms with Gasteiger partial charge in [0.15, 0.2) is 0 Å². The van der Waals surface area contributed by atoms with E-state index in [0.717, 1.165) is 36.2 Å². The normalized spacial score (nSPS) is 11.0. The first-order valence-electron chi connectivity index (χ1n) is 7.45. The highest BCUT2D eigenvalue weighted by Crippen LogP contribution is 2.17. The van der Waals surface area contributed by atoms with Gasteiger partial charge < -0.3 is 19.4 Å². The van der Waals surface area contributed by atoms with E-state index in [0.29, 0.717) is 13.2 Å². The van der Waals surface area contributed by atoms with Crippen molar-refractivity contribution in [2.24, 2.45) is 0 Å². The van der Waals surface area contributed by atoms with Gasteiger partial charge in [-0.25, -0.2) is 4.98 Å². The van der Waals surface area contributed by atoms with Crippen LogP contribution in [0, 0.1) is 0 Å². The van der Waals surface area contributed by atoms with Crippen LogP contribution in [0.25, 0.3) is 11.0 Å². The molecule has 0 spiro atoms. The Morgan fingerprint density at radius 1 is 1.27 bits per heavy atom. The average Bonchev–Trinajstić information content (AvgIpc) is 2.87. The summed E-state index contributed by atoms with van der Waals surface area (Å²) in [6.45, 7) is 2.16. The number of carbonyl (C=O) groups is 1. The van der Waals surface area contributed by atoms with E-state index in [4.69, 9.17) is 9.47 Å². The molecular weight excluding hydrogens is 282 g/mol. The molecular formula is C16H23N3O3. The zero-order valence-electron chi connectivity index (χ0n) is 13.2. The Morgan fingerprint density at radius 3 is 2.86 bits per heavy atom. The summed E-state index contributed by atoms with van der Waals surface area (Å²) in [5.41, 5.74) is 2.12. The Bertz CT molecular complexity index is 610. The molecule has 0 fully saturated rings. The van der Waals surface area contributed by atoms with Crippen molar-refractivity contribution >= 4 is 16.9 Å². The number of carbonyl (C=O) groups excluding carboxylic acids is 1. The van der Waals surface area contributed by atoms with E-state index < -0.39 is 0 Å². The second-order valence-electron chi connectivity index (χ2n) is 5.05. The summed E-state index contributed by atoms with van der Waals surface area (Å²) >= 11 is 0. The van der Waals surface area contributed by atoms with E-state index in [1.54, 1.807) is 7.11 Å². The van der Waals surface area contributed by atoms with Crippen molar-refractivity contribution in [2.45, 2.75) is 19.4 Å². The molecule has 0 aliphatic rings. The zero-order chi connectivity index (χ0) is 15.8. The summed E-state index contributed by atoms with van der Waals surface area (Å²) in [5.74, 6) is 0.939. The molecule has 6 heteroatoms. The molecule has 0 saturated carbocycles. The van der Waals surface area contributed by atoms with Crippen LogP contribution in [-0.4, -0.2) is 49.4 Å². The molecule has 6 nitrogen and oxygen atoms in total. The Hall–Kier alpha value is -1.92. The standard InChI is InChI=1S/C16H23N3O3/c1-21-11-10-19-14-7-4-3-6-13(14)18-15(19)8-5-9-17-16(20)12-22-2/h3-4,6-7H,5,8-12H2,1-2H3,(H,17,20). The second-order valence-corrected chi connectivity index (χ2v) is 5.05. The van der Waals surface area contributed by atoms with Crippen LogP contribution in [0.5, 0.6) is 0 Å². The molecule has 0 aliphatic carbocycles. The van der Waals surface area contributed by atoms with Gasteiger partial charge in [-0.2, -0.15) is 0 Å². The molecule has 22 heavy (non-hydrogen) atoms. The molecule has 0 aliphatic heterocycles. The largest absolute Gasteiger partial charge is 0.383 e. The number of para-hydroxylation sites is 2. The summed E-state index contributed by atoms with van der Waals surface area (Å²) in [4.78, 5) is 16.0. The van der Waals surface area contributed by atoms with Crippen LogP contribution in [-0.2, 0) is 27.2 Å². The second kappa shape index (κ2) is 8.51. The molecule has 1 aromatic carbocycles. The van der Waals surface area contributed by atoms with Crippen molar-refractivity contribution in [3.63, 3.8) is 0 Å². The maximum absolute atomic E-state index is 11.3. The molecule has 0 atom stereocenters. The third-order valence-electron chi connectivity index (χ3n) is 3.43. The fraction of sp³-hybridized carbons (Fsp3) is 0.500. The number of hydrogen-bond donors (Lipinski definition) is 1. The molecule has 1 aromatic heterocycles. The Kier molecular flexibility index (Phi) is 6.36. The lowest BCUT2D eigenvalue weighted by Crippen LogP contribution is -2.28. The Balaban J connectivity index is 1.98. The molecule has 2 aromatic rings. The molecule has 1 amide bonds. The number of imidazole rings is 1. The third kappa shape index (κ3) is 4.29. The van der Waals surface area contributed by atoms with Gasteiger partial charge in [-0.15, -0.1) is 0 Å². The zero-order valence-corrected chi connectivity index (χ0v) is 13.2. The molecule has 1 heterocycles. The summed E-state index contributed by atoms with van der Waals surface area (Å²) < 4.78 is 12.2. The van der Waals surface area contributed by atoms with Crippen LogP contribution < -0.4 is 5.32 Å². The highest BCUT2D eigenvalue weighted by molar-refractivity contribution is 5.77. The summed E-state index contributed by atoms with van der Waals surface area (Å²) in [6, 6.07) is 8.09. The topological polar surface area (TPSA) is 65.4 Å². The average molecular weight is 305 g/mol. The first-order valence-corrected chi connectivity index (χ1v) is 7.45. The number of nitrogens with zero attached hydrogens (tertiary/aromatic N) is 2. The minimum Gasteiger partial charge on any atom is -0.383 e. The third-order valence-corrected chi connectivity index (χ3v) is 3.43. The highest BCUT2D eigenvalue weighted by Gasteiger charge is 2.10. The lowest BCUT2D eigenvalue weighted by molar-refractivity contribution is -0.124. The minimum atomic E-state index is -0.0876. The number of methoxy groups -OCH3 is 2. The lowest BCUT2D eigenvalue weighted by Gasteiger charge is -2.09. The van der Waals surface area contributed by atoms with E-state index in [9.17, 15) is 4.79 Å². The van der Waals surface area contributed by atoms with Gasteiger partial charge in [-0.1, -0.05) is 12.1 Å². The number of nitrogens with one attached hydrogen (secondary N) is 1. The molecule has 0 radical (unpaired) electrons. The van der Waals surface area contributed by atoms with Crippen LogP contribution in [0.1, 0.15) is 12.2 Å². The van der Waals surface area contributed by atoms with Gasteiger partial charge in [0.2, 0.25) is 5.91 Å². The van der Waals surface area contributed by atoms with Crippen molar-refractivity contribution in [1.29, 1.82) is 0 Å². The number of hydrogen-bond acceptors (Lipinski definition) is 4. The van der Waals surface area contributed by atoms with Crippen LogP contribution in [0.3, 0.4) is 0 Å². The molecule has 0 saturated heterocycles. The summed E-state index contributed by atoms with van der Waals surface area (Å²) in [5, 5.41) is 2.82. The summed E-state index contributed by atoms with van der Waals surface area (Å²) in [6.07, 6.45) is 1.65. The monoisotopic (exact) mass is 305 g/mol. The predicted octanol–water partition coefficient (Wildman–Crippen LogP) is 1.38. The fourth-order valence-electron chi connectivity index (χ4n) is 2.40. The van der Waals surface area contributed by atoms with E-state index in [-0.39, 0.29) is 12.5 Å². The Labute approximate surface area is 130 Å². The van der Waals surface area contributed by atoms with Gasteiger partial charge in [0.05, 0.1) is 17.6 Å². The summed E-state index contributed by atoms with van der Waals surface area (Å²) in [7, 11) is 3.21. The van der Waals surface area contributed by atoms with Crippen LogP contribution >= 0.6 is 0 Å². The van der Waals surface area contributed by atoms with Crippen molar-refractivity contribution in [2.75, 3.05) is 34.0 Å². The van der Waals surface area contributed by atoms with E-state index >= 15 is 0 Å². The molecule has 120 valence electrons. The van der Waals surface area contributed by atoms with Crippen LogP contribution in [0.2, 0.25) is 0 Å². The Morgan fingerprint density at radius 2 is 2.09 bits per heavy atom. The number of ether oxygens (including phenoxy) is 2. The first-order chi connectivity index (χ1) is 10.8. The van der Waals surface area contributed by atoms with Crippen molar-refractivity contribution < 1.29 is 14.3 Å². The number of benzene rings is 1. The van der Waals surface area contributed by atoms with Crippen molar-refractivity contribution in [1.82, 2.24) is 14.9 Å². The van der Waals surface area contributed by atoms with E-state index in [2.05, 4.69) is 20.9 Å². The van der Waals surface area contributed by atoms with Gasteiger partial charge >= 0.3 is 0 Å². The number of aryl methyl sites for hydroxylation is 1.